The van der Waals surface area contributed by atoms with Crippen molar-refractivity contribution in [2.24, 2.45) is 0 Å². The Hall–Kier alpha value is -2.01. The van der Waals surface area contributed by atoms with Crippen molar-refractivity contribution >= 4 is 23.7 Å². The van der Waals surface area contributed by atoms with Crippen LogP contribution in [0.2, 0.25) is 0 Å². The summed E-state index contributed by atoms with van der Waals surface area (Å²) in [5.74, 6) is -0.576. The average molecular weight is 280 g/mol. The maximum absolute atomic E-state index is 10.7. The van der Waals surface area contributed by atoms with Gasteiger partial charge in [0.2, 0.25) is 0 Å². The Labute approximate surface area is 116 Å². The summed E-state index contributed by atoms with van der Waals surface area (Å²) in [5.41, 5.74) is 0. The van der Waals surface area contributed by atoms with E-state index < -0.39 is 5.97 Å². The van der Waals surface area contributed by atoms with E-state index in [2.05, 4.69) is 13.2 Å². The van der Waals surface area contributed by atoms with Crippen LogP contribution in [0.4, 0.5) is 0 Å². The van der Waals surface area contributed by atoms with Crippen molar-refractivity contribution in [3.8, 4) is 0 Å². The number of carbonyl (C=O) groups is 2. The van der Waals surface area contributed by atoms with E-state index in [9.17, 15) is 9.59 Å². The summed E-state index contributed by atoms with van der Waals surface area (Å²) in [7, 11) is 0. The van der Waals surface area contributed by atoms with Gasteiger partial charge >= 0.3 is 11.9 Å². The molecule has 0 saturated carbocycles. The minimum Gasteiger partial charge on any atom is -0.478 e. The number of ether oxygens (including phenoxy) is 1. The van der Waals surface area contributed by atoms with Crippen LogP contribution in [0.25, 0.3) is 0 Å². The van der Waals surface area contributed by atoms with Crippen LogP contribution in [0.15, 0.2) is 60.5 Å². The molecule has 0 saturated heterocycles. The van der Waals surface area contributed by atoms with Crippen molar-refractivity contribution < 1.29 is 19.4 Å². The standard InChI is InChI=1S/C11H12O2S.C3H4O2/c1-2-11(12)13-8-9-14-10-6-4-3-5-7-10;1-2-3(4)5/h2-7H,1,8-9H2;2H,1H2,(H,4,5). The first-order chi connectivity index (χ1) is 9.10. The molecule has 1 aromatic rings. The van der Waals surface area contributed by atoms with Gasteiger partial charge in [-0.1, -0.05) is 31.4 Å². The van der Waals surface area contributed by atoms with Gasteiger partial charge in [-0.25, -0.2) is 9.59 Å². The first-order valence-electron chi connectivity index (χ1n) is 5.42. The Morgan fingerprint density at radius 1 is 1.21 bits per heavy atom. The van der Waals surface area contributed by atoms with Crippen molar-refractivity contribution in [3.05, 3.63) is 55.6 Å². The van der Waals surface area contributed by atoms with Crippen LogP contribution < -0.4 is 0 Å². The van der Waals surface area contributed by atoms with E-state index in [1.165, 1.54) is 11.0 Å². The highest BCUT2D eigenvalue weighted by Crippen LogP contribution is 2.16. The van der Waals surface area contributed by atoms with Crippen molar-refractivity contribution in [1.82, 2.24) is 0 Å². The maximum atomic E-state index is 10.7. The van der Waals surface area contributed by atoms with Crippen molar-refractivity contribution in [3.63, 3.8) is 0 Å². The highest BCUT2D eigenvalue weighted by Gasteiger charge is 1.96. The predicted molar refractivity (Wildman–Crippen MR) is 76.2 cm³/mol. The molecule has 0 atom stereocenters. The highest BCUT2D eigenvalue weighted by molar-refractivity contribution is 7.99. The van der Waals surface area contributed by atoms with Crippen LogP contribution in [0.1, 0.15) is 0 Å². The molecule has 0 aliphatic rings. The van der Waals surface area contributed by atoms with Crippen LogP contribution in [0, 0.1) is 0 Å². The first kappa shape index (κ1) is 17.0. The van der Waals surface area contributed by atoms with Crippen molar-refractivity contribution in [2.45, 2.75) is 4.90 Å². The van der Waals surface area contributed by atoms with Gasteiger partial charge in [0.05, 0.1) is 0 Å². The Morgan fingerprint density at radius 3 is 2.26 bits per heavy atom. The molecule has 0 radical (unpaired) electrons. The van der Waals surface area contributed by atoms with Crippen LogP contribution >= 0.6 is 11.8 Å². The number of carbonyl (C=O) groups excluding carboxylic acids is 1. The molecule has 0 unspecified atom stereocenters. The summed E-state index contributed by atoms with van der Waals surface area (Å²) in [6.45, 7) is 6.70. The second-order valence-corrected chi connectivity index (χ2v) is 4.24. The number of benzene rings is 1. The molecule has 0 fully saturated rings. The Kier molecular flexibility index (Phi) is 9.93. The molecule has 4 nitrogen and oxygen atoms in total. The quantitative estimate of drug-likeness (QED) is 0.376. The van der Waals surface area contributed by atoms with Gasteiger partial charge in [-0.3, -0.25) is 0 Å². The lowest BCUT2D eigenvalue weighted by molar-refractivity contribution is -0.137. The third-order valence-corrected chi connectivity index (χ3v) is 2.66. The second kappa shape index (κ2) is 11.1. The minimum absolute atomic E-state index is 0.362. The number of thioether (sulfide) groups is 1. The highest BCUT2D eigenvalue weighted by atomic mass is 32.2. The van der Waals surface area contributed by atoms with E-state index >= 15 is 0 Å². The molecular formula is C14H16O4S. The fraction of sp³-hybridized carbons (Fsp3) is 0.143. The number of hydrogen-bond donors (Lipinski definition) is 1. The summed E-state index contributed by atoms with van der Waals surface area (Å²) >= 11 is 1.66. The molecule has 19 heavy (non-hydrogen) atoms. The molecule has 102 valence electrons. The lowest BCUT2D eigenvalue weighted by Crippen LogP contribution is -2.03. The van der Waals surface area contributed by atoms with Gasteiger partial charge in [-0.15, -0.1) is 11.8 Å². The number of carboxylic acid groups (broad SMARTS) is 1. The summed E-state index contributed by atoms with van der Waals surface area (Å²) < 4.78 is 4.84. The molecule has 1 N–H and O–H groups in total. The fourth-order valence-electron chi connectivity index (χ4n) is 0.877. The molecule has 0 aliphatic heterocycles. The summed E-state index contributed by atoms with van der Waals surface area (Å²) in [6.07, 6.45) is 2.01. The van der Waals surface area contributed by atoms with Gasteiger partial charge in [0.15, 0.2) is 0 Å². The number of hydrogen-bond acceptors (Lipinski definition) is 4. The van der Waals surface area contributed by atoms with Crippen LogP contribution in [0.3, 0.4) is 0 Å². The van der Waals surface area contributed by atoms with Gasteiger partial charge in [0, 0.05) is 22.8 Å². The van der Waals surface area contributed by atoms with E-state index in [4.69, 9.17) is 9.84 Å². The summed E-state index contributed by atoms with van der Waals surface area (Å²) in [4.78, 5) is 21.1. The lowest BCUT2D eigenvalue weighted by Gasteiger charge is -2.01. The molecule has 0 aliphatic carbocycles. The monoisotopic (exact) mass is 280 g/mol. The Bertz CT molecular complexity index is 415. The zero-order valence-electron chi connectivity index (χ0n) is 10.5. The van der Waals surface area contributed by atoms with E-state index in [0.717, 1.165) is 11.8 Å². The van der Waals surface area contributed by atoms with Crippen LogP contribution in [-0.4, -0.2) is 29.4 Å². The second-order valence-electron chi connectivity index (χ2n) is 3.08. The van der Waals surface area contributed by atoms with E-state index in [1.54, 1.807) is 11.8 Å². The SMILES string of the molecule is C=CC(=O)O.C=CC(=O)OCCSc1ccccc1. The largest absolute Gasteiger partial charge is 0.478 e. The predicted octanol–water partition coefficient (Wildman–Crippen LogP) is 2.76. The zero-order chi connectivity index (χ0) is 14.5. The molecule has 1 rings (SSSR count). The molecule has 1 aromatic carbocycles. The third-order valence-electron chi connectivity index (χ3n) is 1.68. The molecule has 5 heteroatoms. The van der Waals surface area contributed by atoms with Crippen molar-refractivity contribution in [2.75, 3.05) is 12.4 Å². The topological polar surface area (TPSA) is 63.6 Å². The van der Waals surface area contributed by atoms with E-state index in [1.807, 2.05) is 30.3 Å². The molecule has 0 bridgehead atoms. The van der Waals surface area contributed by atoms with Gasteiger partial charge in [-0.2, -0.15) is 0 Å². The minimum atomic E-state index is -0.981. The molecule has 0 amide bonds. The number of aliphatic carboxylic acids is 1. The number of esters is 1. The maximum Gasteiger partial charge on any atom is 0.330 e. The smallest absolute Gasteiger partial charge is 0.330 e. The van der Waals surface area contributed by atoms with Gasteiger partial charge < -0.3 is 9.84 Å². The van der Waals surface area contributed by atoms with Gasteiger partial charge in [-0.05, 0) is 12.1 Å². The summed E-state index contributed by atoms with van der Waals surface area (Å²) in [5, 5.41) is 7.60. The summed E-state index contributed by atoms with van der Waals surface area (Å²) in [6, 6.07) is 10.00. The zero-order valence-corrected chi connectivity index (χ0v) is 11.3. The number of carboxylic acids is 1. The normalized spacial score (nSPS) is 8.63. The average Bonchev–Trinajstić information content (AvgIpc) is 2.45. The fourth-order valence-corrected chi connectivity index (χ4v) is 1.63. The molecule has 0 spiro atoms. The van der Waals surface area contributed by atoms with E-state index in [-0.39, 0.29) is 5.97 Å². The third kappa shape index (κ3) is 10.8. The van der Waals surface area contributed by atoms with Crippen molar-refractivity contribution in [1.29, 1.82) is 0 Å². The van der Waals surface area contributed by atoms with Crippen LogP contribution in [0.5, 0.6) is 0 Å². The molecular weight excluding hydrogens is 264 g/mol. The van der Waals surface area contributed by atoms with Gasteiger partial charge in [0.25, 0.3) is 0 Å². The van der Waals surface area contributed by atoms with Crippen LogP contribution in [-0.2, 0) is 14.3 Å². The lowest BCUT2D eigenvalue weighted by atomic mass is 10.4. The number of rotatable bonds is 6. The molecule has 0 aromatic heterocycles. The van der Waals surface area contributed by atoms with E-state index in [0.29, 0.717) is 6.61 Å². The first-order valence-corrected chi connectivity index (χ1v) is 6.41. The Morgan fingerprint density at radius 2 is 1.79 bits per heavy atom. The Balaban J connectivity index is 0.000000555. The van der Waals surface area contributed by atoms with Gasteiger partial charge in [0.1, 0.15) is 6.61 Å². The molecule has 0 heterocycles.